The summed E-state index contributed by atoms with van der Waals surface area (Å²) in [7, 11) is 0. The number of hydrogen-bond acceptors (Lipinski definition) is 17. The van der Waals surface area contributed by atoms with Crippen LogP contribution in [0.15, 0.2) is 0 Å². The molecule has 4 heterocycles. The predicted octanol–water partition coefficient (Wildman–Crippen LogP) is 0.464. The molecule has 4 saturated heterocycles. The van der Waals surface area contributed by atoms with Gasteiger partial charge < -0.3 is 84.2 Å². The minimum Gasteiger partial charge on any atom is -0.394 e. The van der Waals surface area contributed by atoms with Gasteiger partial charge in [0.25, 0.3) is 0 Å². The third-order valence-electron chi connectivity index (χ3n) is 20.1. The zero-order valence-corrected chi connectivity index (χ0v) is 38.7. The van der Waals surface area contributed by atoms with Gasteiger partial charge in [0.2, 0.25) is 0 Å². The Morgan fingerprint density at radius 1 is 0.562 bits per heavy atom. The highest BCUT2D eigenvalue weighted by Crippen LogP contribution is 2.80. The summed E-state index contributed by atoms with van der Waals surface area (Å²) in [6.07, 6.45) is -13.3. The monoisotopic (exact) mass is 915 g/mol. The van der Waals surface area contributed by atoms with Gasteiger partial charge in [0.05, 0.1) is 44.2 Å². The summed E-state index contributed by atoms with van der Waals surface area (Å²) in [5.74, 6) is 0.916. The van der Waals surface area contributed by atoms with Crippen LogP contribution in [0.2, 0.25) is 0 Å². The summed E-state index contributed by atoms with van der Waals surface area (Å²) in [5.41, 5.74) is -1.04. The number of ether oxygens (including phenoxy) is 7. The molecule has 5 aliphatic carbocycles. The second-order valence-corrected chi connectivity index (χ2v) is 23.8. The summed E-state index contributed by atoms with van der Waals surface area (Å²) in [5, 5.41) is 108. The van der Waals surface area contributed by atoms with Gasteiger partial charge in [-0.2, -0.15) is 0 Å². The molecule has 0 aromatic carbocycles. The average Bonchev–Trinajstić information content (AvgIpc) is 3.52. The quantitative estimate of drug-likeness (QED) is 0.148. The molecule has 64 heavy (non-hydrogen) atoms. The zero-order chi connectivity index (χ0) is 46.3. The molecule has 0 aromatic heterocycles. The lowest BCUT2D eigenvalue weighted by Crippen LogP contribution is -2.74. The van der Waals surface area contributed by atoms with Gasteiger partial charge in [0.15, 0.2) is 18.9 Å². The van der Waals surface area contributed by atoms with Crippen LogP contribution in [0.1, 0.15) is 113 Å². The van der Waals surface area contributed by atoms with E-state index in [1.54, 1.807) is 0 Å². The predicted molar refractivity (Wildman–Crippen MR) is 224 cm³/mol. The molecule has 0 unspecified atom stereocenters. The molecule has 10 N–H and O–H groups in total. The molecule has 0 aromatic rings. The van der Waals surface area contributed by atoms with Crippen molar-refractivity contribution in [2.24, 2.45) is 50.2 Å². The first-order valence-corrected chi connectivity index (χ1v) is 24.1. The van der Waals surface area contributed by atoms with Crippen molar-refractivity contribution < 1.29 is 84.2 Å². The van der Waals surface area contributed by atoms with E-state index in [0.717, 1.165) is 57.8 Å². The fraction of sp³-hybridized carbons (Fsp3) is 1.00. The summed E-state index contributed by atoms with van der Waals surface area (Å²) < 4.78 is 43.9. The number of aliphatic hydroxyl groups excluding tert-OH is 10. The Kier molecular flexibility index (Phi) is 12.4. The van der Waals surface area contributed by atoms with E-state index in [2.05, 4.69) is 48.5 Å². The molecular weight excluding hydrogens is 836 g/mol. The van der Waals surface area contributed by atoms with Crippen molar-refractivity contribution in [1.82, 2.24) is 0 Å². The second-order valence-electron chi connectivity index (χ2n) is 23.8. The Morgan fingerprint density at radius 3 is 1.80 bits per heavy atom. The molecule has 9 fully saturated rings. The first-order valence-electron chi connectivity index (χ1n) is 24.1. The third kappa shape index (κ3) is 6.86. The van der Waals surface area contributed by atoms with Crippen molar-refractivity contribution in [1.29, 1.82) is 0 Å². The van der Waals surface area contributed by atoms with Gasteiger partial charge >= 0.3 is 0 Å². The van der Waals surface area contributed by atoms with Crippen molar-refractivity contribution in [2.45, 2.75) is 216 Å². The molecular formula is C47H78O17. The van der Waals surface area contributed by atoms with Crippen LogP contribution in [0.4, 0.5) is 0 Å². The summed E-state index contributed by atoms with van der Waals surface area (Å²) in [6.45, 7) is 15.6. The molecule has 4 aliphatic heterocycles. The summed E-state index contributed by atoms with van der Waals surface area (Å²) >= 11 is 0. The average molecular weight is 915 g/mol. The van der Waals surface area contributed by atoms with Crippen molar-refractivity contribution >= 4 is 0 Å². The van der Waals surface area contributed by atoms with E-state index in [1.807, 2.05) is 0 Å². The van der Waals surface area contributed by atoms with Gasteiger partial charge in [-0.25, -0.2) is 0 Å². The van der Waals surface area contributed by atoms with Crippen molar-refractivity contribution in [3.8, 4) is 0 Å². The van der Waals surface area contributed by atoms with Crippen LogP contribution in [-0.2, 0) is 33.2 Å². The molecule has 17 nitrogen and oxygen atoms in total. The van der Waals surface area contributed by atoms with Crippen LogP contribution in [0.25, 0.3) is 0 Å². The Labute approximate surface area is 376 Å². The number of aliphatic hydroxyl groups is 10. The number of fused-ring (bicyclic) bond motifs is 4. The van der Waals surface area contributed by atoms with E-state index in [4.69, 9.17) is 33.2 Å². The minimum atomic E-state index is -1.81. The van der Waals surface area contributed by atoms with Crippen molar-refractivity contribution in [2.75, 3.05) is 26.4 Å². The maximum Gasteiger partial charge on any atom is 0.187 e. The highest BCUT2D eigenvalue weighted by atomic mass is 16.8. The van der Waals surface area contributed by atoms with Gasteiger partial charge in [0.1, 0.15) is 67.1 Å². The van der Waals surface area contributed by atoms with E-state index in [-0.39, 0.29) is 45.2 Å². The van der Waals surface area contributed by atoms with Gasteiger partial charge in [0, 0.05) is 10.8 Å². The topological polar surface area (TPSA) is 267 Å². The van der Waals surface area contributed by atoms with Crippen LogP contribution in [0.5, 0.6) is 0 Å². The molecule has 17 heteroatoms. The first-order chi connectivity index (χ1) is 29.9. The second kappa shape index (κ2) is 16.5. The Hall–Kier alpha value is -0.680. The van der Waals surface area contributed by atoms with Crippen molar-refractivity contribution in [3.05, 3.63) is 0 Å². The fourth-order valence-corrected chi connectivity index (χ4v) is 16.2. The van der Waals surface area contributed by atoms with Gasteiger partial charge in [-0.15, -0.1) is 0 Å². The molecule has 24 atom stereocenters. The number of hydrogen-bond donors (Lipinski definition) is 10. The minimum absolute atomic E-state index is 0.0750. The summed E-state index contributed by atoms with van der Waals surface area (Å²) in [6, 6.07) is 0. The van der Waals surface area contributed by atoms with E-state index < -0.39 is 117 Å². The Balaban J connectivity index is 0.962. The fourth-order valence-electron chi connectivity index (χ4n) is 16.2. The SMILES string of the molecule is CC1(C)CC[C@]23CO[C@@]4(CC[C@@H]5[C@@]6(C)CC[C@H](O[C@@H]7OC[C@H](O[C@@H]8O[C@H](CO)[C@@H](O)[C@H](O)[C@H]8O)[C@H](O)[C@H]7O[C@@H]7O[C@H](CO)[C@@H](O)[C@H](O)[C@H]7O)C(C)(C)[C@@H]6CC[C@@]5(C)[C@]4(C)C[C@H]2O)[C@@H]3C1. The van der Waals surface area contributed by atoms with Gasteiger partial charge in [-0.1, -0.05) is 48.5 Å². The third-order valence-corrected chi connectivity index (χ3v) is 20.1. The van der Waals surface area contributed by atoms with Gasteiger partial charge in [-0.05, 0) is 104 Å². The molecule has 0 radical (unpaired) electrons. The highest BCUT2D eigenvalue weighted by molar-refractivity contribution is 5.28. The smallest absolute Gasteiger partial charge is 0.187 e. The van der Waals surface area contributed by atoms with Crippen LogP contribution >= 0.6 is 0 Å². The normalized spacial score (nSPS) is 57.8. The molecule has 0 amide bonds. The Bertz CT molecular complexity index is 1700. The van der Waals surface area contributed by atoms with E-state index in [1.165, 1.54) is 0 Å². The summed E-state index contributed by atoms with van der Waals surface area (Å²) in [4.78, 5) is 0. The van der Waals surface area contributed by atoms with Crippen LogP contribution in [0, 0.1) is 50.2 Å². The molecule has 368 valence electrons. The molecule has 2 bridgehead atoms. The maximum absolute atomic E-state index is 12.2. The Morgan fingerprint density at radius 2 is 1.17 bits per heavy atom. The van der Waals surface area contributed by atoms with Crippen molar-refractivity contribution in [3.63, 3.8) is 0 Å². The van der Waals surface area contributed by atoms with E-state index in [0.29, 0.717) is 24.9 Å². The molecule has 1 spiro atoms. The molecule has 5 saturated carbocycles. The number of rotatable bonds is 8. The van der Waals surface area contributed by atoms with Crippen LogP contribution in [-0.4, -0.2) is 181 Å². The molecule has 9 rings (SSSR count). The zero-order valence-electron chi connectivity index (χ0n) is 38.7. The highest BCUT2D eigenvalue weighted by Gasteiger charge is 2.80. The van der Waals surface area contributed by atoms with Gasteiger partial charge in [-0.3, -0.25) is 0 Å². The lowest BCUT2D eigenvalue weighted by molar-refractivity contribution is -0.383. The lowest BCUT2D eigenvalue weighted by Gasteiger charge is -2.75. The van der Waals surface area contributed by atoms with E-state index in [9.17, 15) is 51.1 Å². The largest absolute Gasteiger partial charge is 0.394 e. The van der Waals surface area contributed by atoms with Crippen LogP contribution in [0.3, 0.4) is 0 Å². The van der Waals surface area contributed by atoms with Crippen LogP contribution < -0.4 is 0 Å². The molecule has 9 aliphatic rings. The lowest BCUT2D eigenvalue weighted by atomic mass is 9.30. The van der Waals surface area contributed by atoms with E-state index >= 15 is 0 Å². The first kappa shape index (κ1) is 48.3. The standard InChI is InChI=1S/C47H78O17/c1-41(2)14-15-46-21-59-47(27(46)16-41)13-9-26-43(5)11-10-29(42(3,4)25(43)8-12-44(26,6)45(47,7)17-28(46)50)63-40-37(64-39-36(57)34(55)31(52)23(19-49)61-39)32(53)24(20-58-40)62-38-35(56)33(54)30(51)22(18-48)60-38/h22-40,48-57H,8-21H2,1-7H3/t22-,23-,24+,25+,26-,27-,28-,29+,30-,31-,32+,33+,34+,35-,36-,37-,38+,39+,40+,43+,44-,45+,46-,47+/m1/s1. The maximum atomic E-state index is 12.2.